The molecule has 2 aromatic carbocycles. The maximum atomic E-state index is 12.6. The molecule has 0 N–H and O–H groups in total. The highest BCUT2D eigenvalue weighted by Gasteiger charge is 2.65. The summed E-state index contributed by atoms with van der Waals surface area (Å²) in [6, 6.07) is 15.6. The topological polar surface area (TPSA) is 12.5 Å². The van der Waals surface area contributed by atoms with E-state index in [0.29, 0.717) is 17.4 Å². The minimum Gasteiger partial charge on any atom is -0.406 e. The first-order valence-electron chi connectivity index (χ1n) is 8.89. The molecule has 1 aliphatic heterocycles. The molecule has 0 aromatic heterocycles. The van der Waals surface area contributed by atoms with Gasteiger partial charge >= 0.3 is 6.36 Å². The van der Waals surface area contributed by atoms with Gasteiger partial charge in [0.2, 0.25) is 0 Å². The molecular weight excluding hydrogens is 339 g/mol. The van der Waals surface area contributed by atoms with Crippen molar-refractivity contribution < 1.29 is 17.9 Å². The van der Waals surface area contributed by atoms with E-state index in [-0.39, 0.29) is 11.2 Å². The van der Waals surface area contributed by atoms with E-state index >= 15 is 0 Å². The molecular formula is C21H22F3NO. The molecule has 2 aliphatic rings. The smallest absolute Gasteiger partial charge is 0.406 e. The van der Waals surface area contributed by atoms with Crippen LogP contribution < -0.4 is 4.74 Å². The molecule has 1 saturated heterocycles. The van der Waals surface area contributed by atoms with Gasteiger partial charge in [-0.3, -0.25) is 4.90 Å². The van der Waals surface area contributed by atoms with Gasteiger partial charge in [-0.2, -0.15) is 0 Å². The molecule has 2 fully saturated rings. The average molecular weight is 361 g/mol. The van der Waals surface area contributed by atoms with Crippen molar-refractivity contribution in [3.05, 3.63) is 65.2 Å². The lowest BCUT2D eigenvalue weighted by Gasteiger charge is -2.22. The van der Waals surface area contributed by atoms with Crippen LogP contribution in [0, 0.1) is 18.3 Å². The second kappa shape index (κ2) is 6.02. The number of aryl methyl sites for hydroxylation is 1. The summed E-state index contributed by atoms with van der Waals surface area (Å²) in [7, 11) is 0. The number of piperidine rings is 1. The van der Waals surface area contributed by atoms with Crippen LogP contribution in [0.1, 0.15) is 29.5 Å². The molecule has 0 radical (unpaired) electrons. The van der Waals surface area contributed by atoms with Crippen molar-refractivity contribution in [1.29, 1.82) is 0 Å². The van der Waals surface area contributed by atoms with Gasteiger partial charge in [0.25, 0.3) is 0 Å². The van der Waals surface area contributed by atoms with Gasteiger partial charge < -0.3 is 4.74 Å². The fourth-order valence-corrected chi connectivity index (χ4v) is 4.63. The van der Waals surface area contributed by atoms with E-state index in [1.807, 2.05) is 24.3 Å². The Morgan fingerprint density at radius 2 is 1.88 bits per heavy atom. The minimum atomic E-state index is -4.65. The van der Waals surface area contributed by atoms with E-state index in [1.165, 1.54) is 5.56 Å². The van der Waals surface area contributed by atoms with Crippen molar-refractivity contribution in [2.75, 3.05) is 13.1 Å². The number of hydrogen-bond donors (Lipinski definition) is 0. The van der Waals surface area contributed by atoms with Crippen molar-refractivity contribution in [3.8, 4) is 5.75 Å². The van der Waals surface area contributed by atoms with Gasteiger partial charge in [-0.25, -0.2) is 0 Å². The molecule has 2 unspecified atom stereocenters. The Morgan fingerprint density at radius 3 is 2.50 bits per heavy atom. The predicted molar refractivity (Wildman–Crippen MR) is 93.9 cm³/mol. The quantitative estimate of drug-likeness (QED) is 0.749. The highest BCUT2D eigenvalue weighted by molar-refractivity contribution is 5.43. The lowest BCUT2D eigenvalue weighted by atomic mass is 9.99. The van der Waals surface area contributed by atoms with Crippen molar-refractivity contribution >= 4 is 0 Å². The summed E-state index contributed by atoms with van der Waals surface area (Å²) in [6.45, 7) is 6.77. The molecule has 2 aromatic rings. The maximum Gasteiger partial charge on any atom is 0.573 e. The van der Waals surface area contributed by atoms with Gasteiger partial charge in [-0.05, 0) is 46.9 Å². The summed E-state index contributed by atoms with van der Waals surface area (Å²) in [5.74, 6) is 0.725. The molecule has 4 rings (SSSR count). The van der Waals surface area contributed by atoms with Crippen LogP contribution in [0.5, 0.6) is 5.75 Å². The van der Waals surface area contributed by atoms with Crippen molar-refractivity contribution in [2.24, 2.45) is 11.3 Å². The van der Waals surface area contributed by atoms with Gasteiger partial charge in [0.1, 0.15) is 5.75 Å². The number of alkyl halides is 3. The number of rotatable bonds is 4. The van der Waals surface area contributed by atoms with Crippen molar-refractivity contribution in [3.63, 3.8) is 0 Å². The van der Waals surface area contributed by atoms with Gasteiger partial charge in [0.15, 0.2) is 0 Å². The fourth-order valence-electron chi connectivity index (χ4n) is 4.63. The lowest BCUT2D eigenvalue weighted by Crippen LogP contribution is -2.25. The Morgan fingerprint density at radius 1 is 1.15 bits per heavy atom. The third-order valence-electron chi connectivity index (χ3n) is 5.92. The van der Waals surface area contributed by atoms with Gasteiger partial charge in [0, 0.05) is 19.6 Å². The van der Waals surface area contributed by atoms with Crippen LogP contribution in [-0.4, -0.2) is 24.4 Å². The summed E-state index contributed by atoms with van der Waals surface area (Å²) in [4.78, 5) is 2.44. The van der Waals surface area contributed by atoms with E-state index in [9.17, 15) is 13.2 Å². The first-order valence-corrected chi connectivity index (χ1v) is 8.89. The number of benzene rings is 2. The number of halogens is 3. The zero-order valence-corrected chi connectivity index (χ0v) is 14.9. The Hall–Kier alpha value is -2.01. The van der Waals surface area contributed by atoms with E-state index < -0.39 is 6.36 Å². The monoisotopic (exact) mass is 361 g/mol. The average Bonchev–Trinajstić information content (AvgIpc) is 2.97. The van der Waals surface area contributed by atoms with E-state index in [0.717, 1.165) is 25.2 Å². The first-order chi connectivity index (χ1) is 12.3. The van der Waals surface area contributed by atoms with Crippen molar-refractivity contribution in [2.45, 2.75) is 32.7 Å². The van der Waals surface area contributed by atoms with Crippen LogP contribution in [0.25, 0.3) is 0 Å². The molecule has 5 heteroatoms. The normalized spacial score (nSPS) is 28.0. The van der Waals surface area contributed by atoms with Crippen LogP contribution in [0.2, 0.25) is 0 Å². The maximum absolute atomic E-state index is 12.6. The zero-order chi connectivity index (χ0) is 18.5. The SMILES string of the molecule is Cc1ccc(C2C3CN(Cc4ccccc4)C[C@@]32C)cc1OC(F)(F)F. The number of likely N-dealkylation sites (tertiary alicyclic amines) is 1. The molecule has 2 nitrogen and oxygen atoms in total. The second-order valence-electron chi connectivity index (χ2n) is 7.82. The summed E-state index contributed by atoms with van der Waals surface area (Å²) in [5.41, 5.74) is 2.90. The molecule has 0 bridgehead atoms. The third kappa shape index (κ3) is 3.20. The lowest BCUT2D eigenvalue weighted by molar-refractivity contribution is -0.274. The third-order valence-corrected chi connectivity index (χ3v) is 5.92. The van der Waals surface area contributed by atoms with Crippen LogP contribution in [0.4, 0.5) is 13.2 Å². The standard InChI is InChI=1S/C21H22F3NO/c1-14-8-9-16(10-18(14)26-21(22,23)24)19-17-12-25(13-20(17,19)2)11-15-6-4-3-5-7-15/h3-10,17,19H,11-13H2,1-2H3/t17?,19?,20-/m0/s1. The summed E-state index contributed by atoms with van der Waals surface area (Å²) >= 11 is 0. The highest BCUT2D eigenvalue weighted by Crippen LogP contribution is 2.68. The number of ether oxygens (including phenoxy) is 1. The van der Waals surface area contributed by atoms with Crippen LogP contribution in [0.3, 0.4) is 0 Å². The number of hydrogen-bond acceptors (Lipinski definition) is 2. The minimum absolute atomic E-state index is 0.0790. The van der Waals surface area contributed by atoms with E-state index in [1.54, 1.807) is 19.1 Å². The molecule has 1 aliphatic carbocycles. The highest BCUT2D eigenvalue weighted by atomic mass is 19.4. The predicted octanol–water partition coefficient (Wildman–Crippen LogP) is 5.13. The fraction of sp³-hybridized carbons (Fsp3) is 0.429. The molecule has 0 spiro atoms. The number of fused-ring (bicyclic) bond motifs is 1. The summed E-state index contributed by atoms with van der Waals surface area (Å²) in [5, 5.41) is 0. The summed E-state index contributed by atoms with van der Waals surface area (Å²) in [6.07, 6.45) is -4.65. The van der Waals surface area contributed by atoms with Crippen molar-refractivity contribution in [1.82, 2.24) is 4.90 Å². The molecule has 0 amide bonds. The molecule has 138 valence electrons. The van der Waals surface area contributed by atoms with Gasteiger partial charge in [0.05, 0.1) is 0 Å². The largest absolute Gasteiger partial charge is 0.573 e. The Bertz CT molecular complexity index is 805. The Kier molecular flexibility index (Phi) is 4.03. The molecule has 26 heavy (non-hydrogen) atoms. The Labute approximate surface area is 151 Å². The second-order valence-corrected chi connectivity index (χ2v) is 7.82. The van der Waals surface area contributed by atoms with E-state index in [4.69, 9.17) is 0 Å². The summed E-state index contributed by atoms with van der Waals surface area (Å²) < 4.78 is 42.0. The van der Waals surface area contributed by atoms with E-state index in [2.05, 4.69) is 28.7 Å². The zero-order valence-electron chi connectivity index (χ0n) is 14.9. The van der Waals surface area contributed by atoms with Gasteiger partial charge in [-0.15, -0.1) is 13.2 Å². The van der Waals surface area contributed by atoms with Crippen LogP contribution in [0.15, 0.2) is 48.5 Å². The van der Waals surface area contributed by atoms with Crippen LogP contribution >= 0.6 is 0 Å². The Balaban J connectivity index is 1.46. The molecule has 1 heterocycles. The van der Waals surface area contributed by atoms with Crippen LogP contribution in [-0.2, 0) is 6.54 Å². The number of nitrogens with zero attached hydrogens (tertiary/aromatic N) is 1. The molecule has 3 atom stereocenters. The molecule has 1 saturated carbocycles. The van der Waals surface area contributed by atoms with Gasteiger partial charge in [-0.1, -0.05) is 49.4 Å². The first kappa shape index (κ1) is 17.4.